The van der Waals surface area contributed by atoms with Gasteiger partial charge >= 0.3 is 0 Å². The van der Waals surface area contributed by atoms with Gasteiger partial charge < -0.3 is 19.9 Å². The summed E-state index contributed by atoms with van der Waals surface area (Å²) < 4.78 is 7.51. The van der Waals surface area contributed by atoms with Gasteiger partial charge in [0.25, 0.3) is 0 Å². The van der Waals surface area contributed by atoms with Crippen molar-refractivity contribution in [1.29, 1.82) is 0 Å². The fourth-order valence-electron chi connectivity index (χ4n) is 3.20. The number of hydrogen-bond acceptors (Lipinski definition) is 4. The highest BCUT2D eigenvalue weighted by Gasteiger charge is 2.21. The number of imidazole rings is 1. The fourth-order valence-corrected chi connectivity index (χ4v) is 3.20. The Balaban J connectivity index is 1.69. The molecule has 0 atom stereocenters. The fraction of sp³-hybridized carbons (Fsp3) is 0.222. The lowest BCUT2D eigenvalue weighted by atomic mass is 10.2. The van der Waals surface area contributed by atoms with E-state index in [4.69, 9.17) is 15.5 Å². The lowest BCUT2D eigenvalue weighted by molar-refractivity contribution is 0.100. The maximum absolute atomic E-state index is 11.4. The Bertz CT molecular complexity index is 932. The van der Waals surface area contributed by atoms with Crippen LogP contribution in [0.5, 0.6) is 5.75 Å². The summed E-state index contributed by atoms with van der Waals surface area (Å²) >= 11 is 0. The van der Waals surface area contributed by atoms with Gasteiger partial charge in [0.05, 0.1) is 24.7 Å². The predicted octanol–water partition coefficient (Wildman–Crippen LogP) is 2.16. The number of benzene rings is 2. The summed E-state index contributed by atoms with van der Waals surface area (Å²) in [6, 6.07) is 13.5. The van der Waals surface area contributed by atoms with Crippen LogP contribution in [0.25, 0.3) is 11.0 Å². The number of hydrogen-bond donors (Lipinski definition) is 1. The Morgan fingerprint density at radius 3 is 2.88 bits per heavy atom. The molecule has 2 aromatic carbocycles. The van der Waals surface area contributed by atoms with E-state index < -0.39 is 5.91 Å². The van der Waals surface area contributed by atoms with Crippen molar-refractivity contribution in [3.8, 4) is 5.75 Å². The zero-order valence-corrected chi connectivity index (χ0v) is 13.4. The largest absolute Gasteiger partial charge is 0.497 e. The number of carbonyl (C=O) groups excluding carboxylic acids is 1. The Morgan fingerprint density at radius 1 is 1.21 bits per heavy atom. The first-order valence-corrected chi connectivity index (χ1v) is 7.83. The Labute approximate surface area is 139 Å². The zero-order chi connectivity index (χ0) is 16.7. The summed E-state index contributed by atoms with van der Waals surface area (Å²) in [6.45, 7) is 2.45. The Hall–Kier alpha value is -3.02. The number of fused-ring (bicyclic) bond motifs is 3. The third-order valence-electron chi connectivity index (χ3n) is 4.46. The topological polar surface area (TPSA) is 73.4 Å². The van der Waals surface area contributed by atoms with Crippen LogP contribution in [0, 0.1) is 0 Å². The molecule has 0 radical (unpaired) electrons. The van der Waals surface area contributed by atoms with Crippen molar-refractivity contribution < 1.29 is 9.53 Å². The molecule has 1 amide bonds. The van der Waals surface area contributed by atoms with Crippen LogP contribution in [-0.2, 0) is 13.1 Å². The van der Waals surface area contributed by atoms with Crippen LogP contribution in [0.4, 0.5) is 5.69 Å². The molecule has 1 aromatic heterocycles. The molecule has 6 nitrogen and oxygen atoms in total. The monoisotopic (exact) mass is 322 g/mol. The molecule has 4 rings (SSSR count). The Morgan fingerprint density at radius 2 is 2.08 bits per heavy atom. The molecule has 0 bridgehead atoms. The molecule has 122 valence electrons. The van der Waals surface area contributed by atoms with Gasteiger partial charge in [-0.05, 0) is 30.3 Å². The van der Waals surface area contributed by atoms with Crippen LogP contribution in [-0.4, -0.2) is 29.1 Å². The molecule has 0 spiro atoms. The normalized spacial score (nSPS) is 13.8. The first kappa shape index (κ1) is 14.6. The summed E-state index contributed by atoms with van der Waals surface area (Å²) in [5.41, 5.74) is 8.82. The summed E-state index contributed by atoms with van der Waals surface area (Å²) in [5.74, 6) is 1.40. The first-order chi connectivity index (χ1) is 11.7. The molecule has 0 fully saturated rings. The van der Waals surface area contributed by atoms with Crippen molar-refractivity contribution in [2.24, 2.45) is 5.73 Å². The third kappa shape index (κ3) is 2.36. The summed E-state index contributed by atoms with van der Waals surface area (Å²) in [4.78, 5) is 18.3. The zero-order valence-electron chi connectivity index (χ0n) is 13.4. The van der Waals surface area contributed by atoms with Crippen molar-refractivity contribution in [2.75, 3.05) is 18.6 Å². The SMILES string of the molecule is COc1cccc(N2CCn3c(nc4cc(C(N)=O)ccc43)C2)c1. The van der Waals surface area contributed by atoms with E-state index in [1.807, 2.05) is 24.3 Å². The molecule has 0 aliphatic carbocycles. The number of rotatable bonds is 3. The van der Waals surface area contributed by atoms with Crippen molar-refractivity contribution in [3.05, 3.63) is 53.9 Å². The number of amides is 1. The van der Waals surface area contributed by atoms with Crippen LogP contribution in [0.15, 0.2) is 42.5 Å². The number of aromatic nitrogens is 2. The number of primary amides is 1. The highest BCUT2D eigenvalue weighted by Crippen LogP contribution is 2.27. The number of ether oxygens (including phenoxy) is 1. The van der Waals surface area contributed by atoms with Gasteiger partial charge in [0.1, 0.15) is 11.6 Å². The van der Waals surface area contributed by atoms with E-state index in [9.17, 15) is 4.79 Å². The second kappa shape index (κ2) is 5.56. The standard InChI is InChI=1S/C18H18N4O2/c1-24-14-4-2-3-13(10-14)21-7-8-22-16-6-5-12(18(19)23)9-15(16)20-17(22)11-21/h2-6,9-10H,7-8,11H2,1H3,(H2,19,23). The van der Waals surface area contributed by atoms with Gasteiger partial charge in [0, 0.05) is 30.4 Å². The molecule has 1 aliphatic rings. The van der Waals surface area contributed by atoms with Crippen molar-refractivity contribution in [2.45, 2.75) is 13.1 Å². The van der Waals surface area contributed by atoms with Crippen molar-refractivity contribution >= 4 is 22.6 Å². The van der Waals surface area contributed by atoms with Gasteiger partial charge in [-0.1, -0.05) is 6.07 Å². The smallest absolute Gasteiger partial charge is 0.248 e. The second-order valence-corrected chi connectivity index (χ2v) is 5.87. The molecule has 0 saturated carbocycles. The number of carbonyl (C=O) groups is 1. The number of methoxy groups -OCH3 is 1. The van der Waals surface area contributed by atoms with E-state index in [2.05, 4.69) is 15.5 Å². The molecule has 2 heterocycles. The number of anilines is 1. The van der Waals surface area contributed by atoms with E-state index >= 15 is 0 Å². The third-order valence-corrected chi connectivity index (χ3v) is 4.46. The molecule has 24 heavy (non-hydrogen) atoms. The molecule has 0 saturated heterocycles. The average molecular weight is 322 g/mol. The average Bonchev–Trinajstić information content (AvgIpc) is 2.98. The first-order valence-electron chi connectivity index (χ1n) is 7.83. The lowest BCUT2D eigenvalue weighted by Crippen LogP contribution is -2.33. The van der Waals surface area contributed by atoms with E-state index in [0.29, 0.717) is 12.1 Å². The summed E-state index contributed by atoms with van der Waals surface area (Å²) in [5, 5.41) is 0. The van der Waals surface area contributed by atoms with E-state index in [-0.39, 0.29) is 0 Å². The second-order valence-electron chi connectivity index (χ2n) is 5.87. The molecule has 1 aliphatic heterocycles. The van der Waals surface area contributed by atoms with Crippen LogP contribution < -0.4 is 15.4 Å². The quantitative estimate of drug-likeness (QED) is 0.802. The van der Waals surface area contributed by atoms with Crippen molar-refractivity contribution in [1.82, 2.24) is 9.55 Å². The van der Waals surface area contributed by atoms with Gasteiger partial charge in [-0.2, -0.15) is 0 Å². The van der Waals surface area contributed by atoms with Gasteiger partial charge in [0.2, 0.25) is 5.91 Å². The maximum Gasteiger partial charge on any atom is 0.248 e. The van der Waals surface area contributed by atoms with Gasteiger partial charge in [-0.25, -0.2) is 4.98 Å². The molecule has 6 heteroatoms. The van der Waals surface area contributed by atoms with Crippen LogP contribution in [0.3, 0.4) is 0 Å². The van der Waals surface area contributed by atoms with Gasteiger partial charge in [0.15, 0.2) is 0 Å². The number of nitrogens with zero attached hydrogens (tertiary/aromatic N) is 3. The lowest BCUT2D eigenvalue weighted by Gasteiger charge is -2.30. The minimum absolute atomic E-state index is 0.430. The summed E-state index contributed by atoms with van der Waals surface area (Å²) in [7, 11) is 1.67. The minimum Gasteiger partial charge on any atom is -0.497 e. The van der Waals surface area contributed by atoms with Gasteiger partial charge in [-0.3, -0.25) is 4.79 Å². The van der Waals surface area contributed by atoms with E-state index in [1.165, 1.54) is 0 Å². The van der Waals surface area contributed by atoms with Crippen molar-refractivity contribution in [3.63, 3.8) is 0 Å². The highest BCUT2D eigenvalue weighted by atomic mass is 16.5. The minimum atomic E-state index is -0.430. The van der Waals surface area contributed by atoms with E-state index in [0.717, 1.165) is 41.4 Å². The van der Waals surface area contributed by atoms with E-state index in [1.54, 1.807) is 19.2 Å². The summed E-state index contributed by atoms with van der Waals surface area (Å²) in [6.07, 6.45) is 0. The predicted molar refractivity (Wildman–Crippen MR) is 92.3 cm³/mol. The maximum atomic E-state index is 11.4. The van der Waals surface area contributed by atoms with Crippen LogP contribution in [0.1, 0.15) is 16.2 Å². The Kier molecular flexibility index (Phi) is 3.37. The molecule has 0 unspecified atom stereocenters. The van der Waals surface area contributed by atoms with Crippen LogP contribution >= 0.6 is 0 Å². The van der Waals surface area contributed by atoms with Crippen LogP contribution in [0.2, 0.25) is 0 Å². The molecule has 3 aromatic rings. The number of nitrogens with two attached hydrogens (primary N) is 1. The highest BCUT2D eigenvalue weighted by molar-refractivity contribution is 5.96. The molecule has 2 N–H and O–H groups in total. The molecular weight excluding hydrogens is 304 g/mol. The van der Waals surface area contributed by atoms with Gasteiger partial charge in [-0.15, -0.1) is 0 Å². The molecular formula is C18H18N4O2.